The lowest BCUT2D eigenvalue weighted by atomic mass is 10.1. The molecular formula is C10H7ClF3IO2. The SMILES string of the molecule is CC(Cl)C(=O)c1cccc(OC(F)(F)F)c1I. The van der Waals surface area contributed by atoms with Crippen LogP contribution in [0.5, 0.6) is 5.75 Å². The predicted octanol–water partition coefficient (Wildman–Crippen LogP) is 4.00. The van der Waals surface area contributed by atoms with Gasteiger partial charge in [-0.1, -0.05) is 12.1 Å². The van der Waals surface area contributed by atoms with Crippen LogP contribution in [0.25, 0.3) is 0 Å². The first-order valence-corrected chi connectivity index (χ1v) is 5.96. The van der Waals surface area contributed by atoms with E-state index in [1.807, 2.05) is 0 Å². The molecule has 0 amide bonds. The third-order valence-electron chi connectivity index (χ3n) is 1.82. The van der Waals surface area contributed by atoms with Crippen molar-refractivity contribution in [1.82, 2.24) is 0 Å². The molecule has 1 aromatic carbocycles. The molecule has 94 valence electrons. The first kappa shape index (κ1) is 14.6. The number of ketones is 1. The molecule has 0 radical (unpaired) electrons. The molecule has 0 aliphatic rings. The quantitative estimate of drug-likeness (QED) is 0.451. The van der Waals surface area contributed by atoms with Gasteiger partial charge in [-0.2, -0.15) is 0 Å². The molecule has 0 bridgehead atoms. The molecule has 0 aliphatic heterocycles. The average Bonchev–Trinajstić information content (AvgIpc) is 2.18. The maximum atomic E-state index is 12.1. The van der Waals surface area contributed by atoms with Crippen LogP contribution in [-0.4, -0.2) is 17.5 Å². The zero-order chi connectivity index (χ0) is 13.2. The number of ether oxygens (including phenoxy) is 1. The van der Waals surface area contributed by atoms with Crippen LogP contribution in [0.15, 0.2) is 18.2 Å². The van der Waals surface area contributed by atoms with Gasteiger partial charge in [0.2, 0.25) is 0 Å². The van der Waals surface area contributed by atoms with Gasteiger partial charge in [0.15, 0.2) is 5.78 Å². The minimum atomic E-state index is -4.78. The van der Waals surface area contributed by atoms with E-state index in [4.69, 9.17) is 11.6 Å². The highest BCUT2D eigenvalue weighted by Gasteiger charge is 2.32. The first-order valence-electron chi connectivity index (χ1n) is 4.45. The summed E-state index contributed by atoms with van der Waals surface area (Å²) in [5.74, 6) is -0.843. The second-order valence-corrected chi connectivity index (χ2v) is 4.88. The van der Waals surface area contributed by atoms with Gasteiger partial charge in [0.1, 0.15) is 5.75 Å². The van der Waals surface area contributed by atoms with Crippen molar-refractivity contribution in [3.05, 3.63) is 27.3 Å². The summed E-state index contributed by atoms with van der Waals surface area (Å²) < 4.78 is 40.1. The van der Waals surface area contributed by atoms with Crippen molar-refractivity contribution in [2.45, 2.75) is 18.7 Å². The summed E-state index contributed by atoms with van der Waals surface area (Å²) in [5, 5.41) is -0.801. The molecule has 0 aromatic heterocycles. The second-order valence-electron chi connectivity index (χ2n) is 3.15. The molecule has 2 nitrogen and oxygen atoms in total. The molecule has 0 saturated heterocycles. The maximum absolute atomic E-state index is 12.1. The van der Waals surface area contributed by atoms with Crippen LogP contribution in [0.3, 0.4) is 0 Å². The molecule has 0 N–H and O–H groups in total. The van der Waals surface area contributed by atoms with Gasteiger partial charge in [-0.25, -0.2) is 0 Å². The van der Waals surface area contributed by atoms with Crippen LogP contribution < -0.4 is 4.74 Å². The number of carbonyl (C=O) groups is 1. The number of benzene rings is 1. The molecule has 17 heavy (non-hydrogen) atoms. The highest BCUT2D eigenvalue weighted by atomic mass is 127. The Labute approximate surface area is 114 Å². The number of carbonyl (C=O) groups excluding carboxylic acids is 1. The smallest absolute Gasteiger partial charge is 0.405 e. The molecule has 1 unspecified atom stereocenters. The Bertz CT molecular complexity index is 432. The molecule has 0 saturated carbocycles. The van der Waals surface area contributed by atoms with E-state index in [1.54, 1.807) is 22.6 Å². The van der Waals surface area contributed by atoms with E-state index < -0.39 is 23.3 Å². The van der Waals surface area contributed by atoms with Gasteiger partial charge in [0.05, 0.1) is 8.95 Å². The predicted molar refractivity (Wildman–Crippen MR) is 65.5 cm³/mol. The van der Waals surface area contributed by atoms with Crippen LogP contribution in [0.1, 0.15) is 17.3 Å². The lowest BCUT2D eigenvalue weighted by Gasteiger charge is -2.13. The van der Waals surface area contributed by atoms with Gasteiger partial charge in [0, 0.05) is 5.56 Å². The number of alkyl halides is 4. The van der Waals surface area contributed by atoms with Crippen molar-refractivity contribution in [3.8, 4) is 5.75 Å². The summed E-state index contributed by atoms with van der Waals surface area (Å²) in [6, 6.07) is 3.87. The monoisotopic (exact) mass is 378 g/mol. The molecular weight excluding hydrogens is 371 g/mol. The number of rotatable bonds is 3. The van der Waals surface area contributed by atoms with E-state index in [-0.39, 0.29) is 9.13 Å². The van der Waals surface area contributed by atoms with E-state index in [0.717, 1.165) is 6.07 Å². The van der Waals surface area contributed by atoms with Gasteiger partial charge in [-0.3, -0.25) is 4.79 Å². The minimum Gasteiger partial charge on any atom is -0.405 e. The summed E-state index contributed by atoms with van der Waals surface area (Å²) >= 11 is 7.23. The summed E-state index contributed by atoms with van der Waals surface area (Å²) in [5.41, 5.74) is 0.120. The van der Waals surface area contributed by atoms with E-state index in [2.05, 4.69) is 4.74 Å². The Morgan fingerprint density at radius 3 is 2.53 bits per heavy atom. The van der Waals surface area contributed by atoms with Gasteiger partial charge in [-0.05, 0) is 35.6 Å². The third kappa shape index (κ3) is 4.02. The van der Waals surface area contributed by atoms with Gasteiger partial charge in [-0.15, -0.1) is 24.8 Å². The van der Waals surface area contributed by atoms with Gasteiger partial charge in [0.25, 0.3) is 0 Å². The van der Waals surface area contributed by atoms with Crippen LogP contribution in [-0.2, 0) is 0 Å². The number of hydrogen-bond acceptors (Lipinski definition) is 2. The molecule has 1 rings (SSSR count). The standard InChI is InChI=1S/C10H7ClF3IO2/c1-5(11)9(16)6-3-2-4-7(8(6)15)17-10(12,13)14/h2-5H,1H3. The van der Waals surface area contributed by atoms with Crippen LogP contribution in [0.4, 0.5) is 13.2 Å². The van der Waals surface area contributed by atoms with Gasteiger partial charge < -0.3 is 4.74 Å². The van der Waals surface area contributed by atoms with Crippen LogP contribution in [0.2, 0.25) is 0 Å². The van der Waals surface area contributed by atoms with E-state index in [0.29, 0.717) is 0 Å². The van der Waals surface area contributed by atoms with Crippen molar-refractivity contribution in [2.24, 2.45) is 0 Å². The molecule has 0 spiro atoms. The lowest BCUT2D eigenvalue weighted by molar-refractivity contribution is -0.274. The zero-order valence-corrected chi connectivity index (χ0v) is 11.4. The number of halogens is 5. The number of hydrogen-bond donors (Lipinski definition) is 0. The Morgan fingerprint density at radius 1 is 1.47 bits per heavy atom. The van der Waals surface area contributed by atoms with Crippen molar-refractivity contribution in [2.75, 3.05) is 0 Å². The highest BCUT2D eigenvalue weighted by Crippen LogP contribution is 2.30. The van der Waals surface area contributed by atoms with Crippen molar-refractivity contribution in [1.29, 1.82) is 0 Å². The average molecular weight is 379 g/mol. The fourth-order valence-electron chi connectivity index (χ4n) is 1.12. The number of Topliss-reactive ketones (excluding diaryl/α,β-unsaturated/α-hetero) is 1. The zero-order valence-electron chi connectivity index (χ0n) is 8.52. The second kappa shape index (κ2) is 5.43. The summed E-state index contributed by atoms with van der Waals surface area (Å²) in [7, 11) is 0. The molecule has 0 fully saturated rings. The summed E-state index contributed by atoms with van der Waals surface area (Å²) in [6.45, 7) is 1.46. The van der Waals surface area contributed by atoms with Crippen molar-refractivity contribution >= 4 is 40.0 Å². The van der Waals surface area contributed by atoms with Crippen molar-refractivity contribution in [3.63, 3.8) is 0 Å². The van der Waals surface area contributed by atoms with E-state index in [1.165, 1.54) is 19.1 Å². The Morgan fingerprint density at radius 2 is 2.06 bits per heavy atom. The molecule has 0 heterocycles. The maximum Gasteiger partial charge on any atom is 0.573 e. The summed E-state index contributed by atoms with van der Waals surface area (Å²) in [4.78, 5) is 11.6. The minimum absolute atomic E-state index is 0.0972. The van der Waals surface area contributed by atoms with Crippen LogP contribution >= 0.6 is 34.2 Å². The molecule has 7 heteroatoms. The normalized spacial score (nSPS) is 13.3. The fourth-order valence-corrected chi connectivity index (χ4v) is 1.97. The largest absolute Gasteiger partial charge is 0.573 e. The van der Waals surface area contributed by atoms with E-state index >= 15 is 0 Å². The Balaban J connectivity index is 3.12. The Kier molecular flexibility index (Phi) is 4.65. The molecule has 0 aliphatic carbocycles. The summed E-state index contributed by atoms with van der Waals surface area (Å²) in [6.07, 6.45) is -4.78. The topological polar surface area (TPSA) is 26.3 Å². The third-order valence-corrected chi connectivity index (χ3v) is 3.13. The van der Waals surface area contributed by atoms with E-state index in [9.17, 15) is 18.0 Å². The lowest BCUT2D eigenvalue weighted by Crippen LogP contribution is -2.19. The molecule has 1 aromatic rings. The molecule has 1 atom stereocenters. The van der Waals surface area contributed by atoms with Crippen LogP contribution in [0, 0.1) is 3.57 Å². The first-order chi connectivity index (χ1) is 7.72. The fraction of sp³-hybridized carbons (Fsp3) is 0.300. The highest BCUT2D eigenvalue weighted by molar-refractivity contribution is 14.1. The Hall–Kier alpha value is -0.500. The van der Waals surface area contributed by atoms with Crippen molar-refractivity contribution < 1.29 is 22.7 Å². The van der Waals surface area contributed by atoms with Gasteiger partial charge >= 0.3 is 6.36 Å².